The summed E-state index contributed by atoms with van der Waals surface area (Å²) in [6.45, 7) is 9.18. The minimum Gasteiger partial charge on any atom is -0.310 e. The zero-order valence-corrected chi connectivity index (χ0v) is 11.7. The van der Waals surface area contributed by atoms with Crippen LogP contribution in [0.15, 0.2) is 35.3 Å². The molecule has 0 heterocycles. The molecule has 0 aliphatic carbocycles. The average Bonchev–Trinajstić information content (AvgIpc) is 2.28. The third-order valence-electron chi connectivity index (χ3n) is 2.63. The van der Waals surface area contributed by atoms with Gasteiger partial charge in [-0.05, 0) is 43.5 Å². The van der Waals surface area contributed by atoms with E-state index in [1.54, 1.807) is 0 Å². The topological polar surface area (TPSA) is 12.0 Å². The third-order valence-corrected chi connectivity index (χ3v) is 3.52. The maximum Gasteiger partial charge on any atom is 0.0354 e. The molecule has 0 spiro atoms. The molecule has 0 aliphatic heterocycles. The zero-order chi connectivity index (χ0) is 12.0. The molecule has 1 nitrogen and oxygen atoms in total. The quantitative estimate of drug-likeness (QED) is 0.764. The van der Waals surface area contributed by atoms with E-state index in [2.05, 4.69) is 59.9 Å². The molecule has 0 bridgehead atoms. The normalized spacial score (nSPS) is 12.4. The van der Waals surface area contributed by atoms with Crippen LogP contribution >= 0.6 is 15.9 Å². The molecule has 1 N–H and O–H groups in total. The average molecular weight is 282 g/mol. The number of hydrogen-bond donors (Lipinski definition) is 1. The van der Waals surface area contributed by atoms with Gasteiger partial charge in [0.15, 0.2) is 0 Å². The van der Waals surface area contributed by atoms with E-state index < -0.39 is 0 Å². The molecule has 1 atom stereocenters. The van der Waals surface area contributed by atoms with Gasteiger partial charge in [0.25, 0.3) is 0 Å². The fourth-order valence-corrected chi connectivity index (χ4v) is 1.95. The van der Waals surface area contributed by atoms with Crippen LogP contribution in [-0.2, 0) is 0 Å². The van der Waals surface area contributed by atoms with Crippen LogP contribution in [-0.4, -0.2) is 6.54 Å². The lowest BCUT2D eigenvalue weighted by atomic mass is 10.0. The molecule has 16 heavy (non-hydrogen) atoms. The van der Waals surface area contributed by atoms with E-state index in [-0.39, 0.29) is 0 Å². The summed E-state index contributed by atoms with van der Waals surface area (Å²) in [5, 5.41) is 3.55. The van der Waals surface area contributed by atoms with Crippen molar-refractivity contribution in [2.24, 2.45) is 0 Å². The fourth-order valence-electron chi connectivity index (χ4n) is 1.71. The number of rotatable bonds is 6. The number of aryl methyl sites for hydroxylation is 1. The predicted molar refractivity (Wildman–Crippen MR) is 74.7 cm³/mol. The molecule has 1 rings (SSSR count). The first-order valence-corrected chi connectivity index (χ1v) is 6.58. The SMILES string of the molecule is C=CCC(NCCC)c1ccc(Br)c(C)c1. The Labute approximate surface area is 107 Å². The molecule has 0 aliphatic rings. The Morgan fingerprint density at radius 3 is 2.81 bits per heavy atom. The largest absolute Gasteiger partial charge is 0.310 e. The smallest absolute Gasteiger partial charge is 0.0354 e. The molecule has 1 aromatic carbocycles. The maximum absolute atomic E-state index is 3.82. The van der Waals surface area contributed by atoms with E-state index in [1.165, 1.54) is 15.6 Å². The first-order chi connectivity index (χ1) is 7.69. The van der Waals surface area contributed by atoms with Gasteiger partial charge in [-0.15, -0.1) is 6.58 Å². The van der Waals surface area contributed by atoms with Crippen molar-refractivity contribution in [3.8, 4) is 0 Å². The van der Waals surface area contributed by atoms with Crippen molar-refractivity contribution in [3.63, 3.8) is 0 Å². The minimum atomic E-state index is 0.393. The van der Waals surface area contributed by atoms with Gasteiger partial charge >= 0.3 is 0 Å². The number of hydrogen-bond acceptors (Lipinski definition) is 1. The van der Waals surface area contributed by atoms with Crippen molar-refractivity contribution in [1.82, 2.24) is 5.32 Å². The van der Waals surface area contributed by atoms with Crippen LogP contribution < -0.4 is 5.32 Å². The third kappa shape index (κ3) is 3.76. The van der Waals surface area contributed by atoms with Gasteiger partial charge in [0.1, 0.15) is 0 Å². The number of nitrogens with one attached hydrogen (secondary N) is 1. The summed E-state index contributed by atoms with van der Waals surface area (Å²) in [6.07, 6.45) is 4.11. The molecule has 0 saturated carbocycles. The van der Waals surface area contributed by atoms with E-state index in [4.69, 9.17) is 0 Å². The fraction of sp³-hybridized carbons (Fsp3) is 0.429. The Morgan fingerprint density at radius 2 is 2.25 bits per heavy atom. The molecule has 0 amide bonds. The minimum absolute atomic E-state index is 0.393. The molecule has 2 heteroatoms. The van der Waals surface area contributed by atoms with Gasteiger partial charge in [-0.25, -0.2) is 0 Å². The summed E-state index contributed by atoms with van der Waals surface area (Å²) in [5.74, 6) is 0. The van der Waals surface area contributed by atoms with E-state index in [0.29, 0.717) is 6.04 Å². The summed E-state index contributed by atoms with van der Waals surface area (Å²) < 4.78 is 1.17. The molecule has 0 saturated heterocycles. The number of benzene rings is 1. The van der Waals surface area contributed by atoms with Gasteiger partial charge in [-0.1, -0.05) is 41.1 Å². The maximum atomic E-state index is 3.82. The summed E-state index contributed by atoms with van der Waals surface area (Å²) in [4.78, 5) is 0. The van der Waals surface area contributed by atoms with Gasteiger partial charge < -0.3 is 5.32 Å². The highest BCUT2D eigenvalue weighted by atomic mass is 79.9. The molecule has 1 aromatic rings. The van der Waals surface area contributed by atoms with Crippen LogP contribution in [0.5, 0.6) is 0 Å². The van der Waals surface area contributed by atoms with Gasteiger partial charge in [-0.3, -0.25) is 0 Å². The molecule has 1 unspecified atom stereocenters. The van der Waals surface area contributed by atoms with Crippen LogP contribution in [0.3, 0.4) is 0 Å². The molecule has 0 radical (unpaired) electrons. The summed E-state index contributed by atoms with van der Waals surface area (Å²) in [6, 6.07) is 6.92. The lowest BCUT2D eigenvalue weighted by Crippen LogP contribution is -2.21. The second kappa shape index (κ2) is 6.87. The van der Waals surface area contributed by atoms with Crippen molar-refractivity contribution < 1.29 is 0 Å². The predicted octanol–water partition coefficient (Wildman–Crippen LogP) is 4.37. The van der Waals surface area contributed by atoms with Crippen molar-refractivity contribution in [2.45, 2.75) is 32.7 Å². The van der Waals surface area contributed by atoms with E-state index in [9.17, 15) is 0 Å². The van der Waals surface area contributed by atoms with Crippen molar-refractivity contribution in [2.75, 3.05) is 6.54 Å². The second-order valence-electron chi connectivity index (χ2n) is 4.04. The van der Waals surface area contributed by atoms with E-state index in [0.717, 1.165) is 19.4 Å². The summed E-state index contributed by atoms with van der Waals surface area (Å²) in [5.41, 5.74) is 2.62. The Bertz CT molecular complexity index is 347. The molecule has 0 aromatic heterocycles. The van der Waals surface area contributed by atoms with Crippen molar-refractivity contribution >= 4 is 15.9 Å². The van der Waals surface area contributed by atoms with Crippen LogP contribution in [0.1, 0.15) is 36.9 Å². The molecule has 88 valence electrons. The van der Waals surface area contributed by atoms with Crippen LogP contribution in [0.25, 0.3) is 0 Å². The van der Waals surface area contributed by atoms with Crippen molar-refractivity contribution in [1.29, 1.82) is 0 Å². The van der Waals surface area contributed by atoms with Gasteiger partial charge in [0.2, 0.25) is 0 Å². The Hall–Kier alpha value is -0.600. The van der Waals surface area contributed by atoms with E-state index >= 15 is 0 Å². The van der Waals surface area contributed by atoms with Crippen LogP contribution in [0.4, 0.5) is 0 Å². The van der Waals surface area contributed by atoms with Crippen LogP contribution in [0, 0.1) is 6.92 Å². The van der Waals surface area contributed by atoms with Gasteiger partial charge in [0, 0.05) is 10.5 Å². The highest BCUT2D eigenvalue weighted by Gasteiger charge is 2.09. The number of halogens is 1. The Morgan fingerprint density at radius 1 is 1.50 bits per heavy atom. The first-order valence-electron chi connectivity index (χ1n) is 5.79. The second-order valence-corrected chi connectivity index (χ2v) is 4.89. The zero-order valence-electron chi connectivity index (χ0n) is 10.1. The molecular weight excluding hydrogens is 262 g/mol. The van der Waals surface area contributed by atoms with Crippen molar-refractivity contribution in [3.05, 3.63) is 46.5 Å². The highest BCUT2D eigenvalue weighted by Crippen LogP contribution is 2.23. The summed E-state index contributed by atoms with van der Waals surface area (Å²) >= 11 is 3.53. The lowest BCUT2D eigenvalue weighted by Gasteiger charge is -2.18. The van der Waals surface area contributed by atoms with Gasteiger partial charge in [-0.2, -0.15) is 0 Å². The molecular formula is C14H20BrN. The van der Waals surface area contributed by atoms with Crippen LogP contribution in [0.2, 0.25) is 0 Å². The first kappa shape index (κ1) is 13.5. The monoisotopic (exact) mass is 281 g/mol. The standard InChI is InChI=1S/C14H20BrN/c1-4-6-14(16-9-5-2)12-7-8-13(15)11(3)10-12/h4,7-8,10,14,16H,1,5-6,9H2,2-3H3. The lowest BCUT2D eigenvalue weighted by molar-refractivity contribution is 0.537. The van der Waals surface area contributed by atoms with E-state index in [1.807, 2.05) is 6.08 Å². The Kier molecular flexibility index (Phi) is 5.78. The molecule has 0 fully saturated rings. The Balaban J connectivity index is 2.82. The summed E-state index contributed by atoms with van der Waals surface area (Å²) in [7, 11) is 0. The highest BCUT2D eigenvalue weighted by molar-refractivity contribution is 9.10. The van der Waals surface area contributed by atoms with Gasteiger partial charge in [0.05, 0.1) is 0 Å².